The second-order valence-corrected chi connectivity index (χ2v) is 3.94. The van der Waals surface area contributed by atoms with Crippen molar-refractivity contribution in [1.82, 2.24) is 0 Å². The summed E-state index contributed by atoms with van der Waals surface area (Å²) in [7, 11) is 0. The zero-order valence-electron chi connectivity index (χ0n) is 9.20. The molecule has 0 unspecified atom stereocenters. The summed E-state index contributed by atoms with van der Waals surface area (Å²) in [6.07, 6.45) is 0. The van der Waals surface area contributed by atoms with Crippen molar-refractivity contribution in [2.24, 2.45) is 0 Å². The second-order valence-electron chi connectivity index (χ2n) is 3.67. The van der Waals surface area contributed by atoms with Crippen molar-refractivity contribution >= 4 is 11.6 Å². The Morgan fingerprint density at radius 2 is 1.76 bits per heavy atom. The van der Waals surface area contributed by atoms with Crippen LogP contribution < -0.4 is 4.74 Å². The molecule has 2 rings (SSSR count). The molecule has 3 heteroatoms. The molecule has 0 aliphatic heterocycles. The minimum atomic E-state index is -0.376. The van der Waals surface area contributed by atoms with E-state index in [1.165, 1.54) is 6.07 Å². The van der Waals surface area contributed by atoms with Crippen LogP contribution in [0, 0.1) is 5.82 Å². The molecule has 0 N–H and O–H groups in total. The van der Waals surface area contributed by atoms with E-state index >= 15 is 0 Å². The van der Waals surface area contributed by atoms with Crippen molar-refractivity contribution in [3.63, 3.8) is 0 Å². The van der Waals surface area contributed by atoms with Crippen LogP contribution in [0.4, 0.5) is 4.39 Å². The van der Waals surface area contributed by atoms with Gasteiger partial charge in [-0.25, -0.2) is 4.39 Å². The predicted octanol–water partition coefficient (Wildman–Crippen LogP) is 4.14. The highest BCUT2D eigenvalue weighted by molar-refractivity contribution is 6.17. The van der Waals surface area contributed by atoms with Crippen molar-refractivity contribution in [1.29, 1.82) is 0 Å². The van der Waals surface area contributed by atoms with Crippen LogP contribution in [0.5, 0.6) is 5.75 Å². The van der Waals surface area contributed by atoms with E-state index in [9.17, 15) is 4.39 Å². The Morgan fingerprint density at radius 1 is 1.00 bits per heavy atom. The molecule has 0 aromatic heterocycles. The molecule has 0 saturated heterocycles. The molecule has 0 spiro atoms. The van der Waals surface area contributed by atoms with Gasteiger partial charge in [-0.1, -0.05) is 36.4 Å². The molecule has 0 bridgehead atoms. The van der Waals surface area contributed by atoms with Gasteiger partial charge in [0.15, 0.2) is 11.6 Å². The van der Waals surface area contributed by atoms with Crippen molar-refractivity contribution in [3.05, 3.63) is 65.5 Å². The highest BCUT2D eigenvalue weighted by Gasteiger charge is 2.04. The summed E-state index contributed by atoms with van der Waals surface area (Å²) < 4.78 is 19.0. The Balaban J connectivity index is 2.04. The number of benzene rings is 2. The monoisotopic (exact) mass is 250 g/mol. The van der Waals surface area contributed by atoms with E-state index in [1.807, 2.05) is 30.3 Å². The molecule has 0 fully saturated rings. The van der Waals surface area contributed by atoms with Gasteiger partial charge >= 0.3 is 0 Å². The summed E-state index contributed by atoms with van der Waals surface area (Å²) in [5.41, 5.74) is 1.75. The van der Waals surface area contributed by atoms with Gasteiger partial charge in [0.25, 0.3) is 0 Å². The number of halogens is 2. The molecule has 0 saturated carbocycles. The third-order valence-electron chi connectivity index (χ3n) is 2.39. The van der Waals surface area contributed by atoms with Gasteiger partial charge in [-0.2, -0.15) is 0 Å². The maximum absolute atomic E-state index is 13.6. The Morgan fingerprint density at radius 3 is 2.41 bits per heavy atom. The van der Waals surface area contributed by atoms with Gasteiger partial charge in [0.2, 0.25) is 0 Å². The van der Waals surface area contributed by atoms with Gasteiger partial charge in [-0.3, -0.25) is 0 Å². The number of hydrogen-bond donors (Lipinski definition) is 0. The van der Waals surface area contributed by atoms with Crippen LogP contribution in [-0.2, 0) is 12.5 Å². The summed E-state index contributed by atoms with van der Waals surface area (Å²) in [4.78, 5) is 0. The van der Waals surface area contributed by atoms with Crippen LogP contribution in [0.3, 0.4) is 0 Å². The minimum absolute atomic E-state index is 0.253. The van der Waals surface area contributed by atoms with Gasteiger partial charge in [0, 0.05) is 5.88 Å². The first-order chi connectivity index (χ1) is 8.29. The number of rotatable bonds is 4. The Kier molecular flexibility index (Phi) is 3.99. The maximum atomic E-state index is 13.6. The topological polar surface area (TPSA) is 9.23 Å². The van der Waals surface area contributed by atoms with Crippen molar-refractivity contribution in [2.75, 3.05) is 0 Å². The van der Waals surface area contributed by atoms with E-state index in [0.717, 1.165) is 11.1 Å². The molecule has 0 amide bonds. The Bertz CT molecular complexity index is 485. The molecule has 0 aliphatic rings. The lowest BCUT2D eigenvalue weighted by molar-refractivity contribution is 0.290. The lowest BCUT2D eigenvalue weighted by atomic mass is 10.2. The first-order valence-corrected chi connectivity index (χ1v) is 5.84. The van der Waals surface area contributed by atoms with Crippen molar-refractivity contribution in [2.45, 2.75) is 12.5 Å². The average Bonchev–Trinajstić information content (AvgIpc) is 2.38. The van der Waals surface area contributed by atoms with Crippen LogP contribution in [0.2, 0.25) is 0 Å². The Labute approximate surface area is 105 Å². The van der Waals surface area contributed by atoms with Gasteiger partial charge in [-0.15, -0.1) is 11.6 Å². The van der Waals surface area contributed by atoms with E-state index in [2.05, 4.69) is 0 Å². The first kappa shape index (κ1) is 11.9. The maximum Gasteiger partial charge on any atom is 0.165 e. The van der Waals surface area contributed by atoms with E-state index in [-0.39, 0.29) is 11.6 Å². The number of alkyl halides is 1. The second kappa shape index (κ2) is 5.69. The standard InChI is InChI=1S/C14H12ClFO/c15-9-12-6-7-14(13(16)8-12)17-10-11-4-2-1-3-5-11/h1-8H,9-10H2. The third-order valence-corrected chi connectivity index (χ3v) is 2.70. The zero-order chi connectivity index (χ0) is 12.1. The average molecular weight is 251 g/mol. The van der Waals surface area contributed by atoms with Crippen LogP contribution in [-0.4, -0.2) is 0 Å². The normalized spacial score (nSPS) is 10.2. The van der Waals surface area contributed by atoms with Gasteiger partial charge in [0.1, 0.15) is 6.61 Å². The first-order valence-electron chi connectivity index (χ1n) is 5.30. The van der Waals surface area contributed by atoms with Crippen molar-refractivity contribution in [3.8, 4) is 5.75 Å². The highest BCUT2D eigenvalue weighted by Crippen LogP contribution is 2.20. The summed E-state index contributed by atoms with van der Waals surface area (Å²) in [5, 5.41) is 0. The van der Waals surface area contributed by atoms with Gasteiger partial charge in [-0.05, 0) is 23.3 Å². The number of hydrogen-bond acceptors (Lipinski definition) is 1. The highest BCUT2D eigenvalue weighted by atomic mass is 35.5. The fraction of sp³-hybridized carbons (Fsp3) is 0.143. The minimum Gasteiger partial charge on any atom is -0.486 e. The lowest BCUT2D eigenvalue weighted by Crippen LogP contribution is -1.97. The van der Waals surface area contributed by atoms with E-state index in [0.29, 0.717) is 12.5 Å². The van der Waals surface area contributed by atoms with Crippen molar-refractivity contribution < 1.29 is 9.13 Å². The number of ether oxygens (including phenoxy) is 1. The third kappa shape index (κ3) is 3.21. The fourth-order valence-electron chi connectivity index (χ4n) is 1.48. The largest absolute Gasteiger partial charge is 0.486 e. The SMILES string of the molecule is Fc1cc(CCl)ccc1OCc1ccccc1. The molecule has 2 aromatic carbocycles. The molecule has 0 aliphatic carbocycles. The van der Waals surface area contributed by atoms with Gasteiger partial charge < -0.3 is 4.74 Å². The van der Waals surface area contributed by atoms with E-state index in [4.69, 9.17) is 16.3 Å². The summed E-state index contributed by atoms with van der Waals surface area (Å²) in [6, 6.07) is 14.4. The molecule has 2 aromatic rings. The molecular formula is C14H12ClFO. The Hall–Kier alpha value is -1.54. The molecule has 88 valence electrons. The predicted molar refractivity (Wildman–Crippen MR) is 66.7 cm³/mol. The summed E-state index contributed by atoms with van der Waals surface area (Å²) in [5.74, 6) is 0.178. The smallest absolute Gasteiger partial charge is 0.165 e. The molecule has 1 nitrogen and oxygen atoms in total. The molecule has 0 heterocycles. The quantitative estimate of drug-likeness (QED) is 0.741. The molecular weight excluding hydrogens is 239 g/mol. The molecule has 0 atom stereocenters. The summed E-state index contributed by atoms with van der Waals surface area (Å²) in [6.45, 7) is 0.359. The zero-order valence-corrected chi connectivity index (χ0v) is 9.95. The van der Waals surface area contributed by atoms with E-state index in [1.54, 1.807) is 12.1 Å². The van der Waals surface area contributed by atoms with E-state index < -0.39 is 0 Å². The van der Waals surface area contributed by atoms with Gasteiger partial charge in [0.05, 0.1) is 0 Å². The van der Waals surface area contributed by atoms with Crippen LogP contribution in [0.15, 0.2) is 48.5 Å². The molecule has 17 heavy (non-hydrogen) atoms. The fourth-order valence-corrected chi connectivity index (χ4v) is 1.65. The van der Waals surface area contributed by atoms with Crippen LogP contribution in [0.25, 0.3) is 0 Å². The van der Waals surface area contributed by atoms with Crippen LogP contribution >= 0.6 is 11.6 Å². The lowest BCUT2D eigenvalue weighted by Gasteiger charge is -2.08. The molecule has 0 radical (unpaired) electrons. The summed E-state index contributed by atoms with van der Waals surface area (Å²) >= 11 is 5.62. The van der Waals surface area contributed by atoms with Crippen LogP contribution in [0.1, 0.15) is 11.1 Å².